The van der Waals surface area contributed by atoms with E-state index in [1.807, 2.05) is 11.9 Å². The summed E-state index contributed by atoms with van der Waals surface area (Å²) in [4.78, 5) is 13.6. The zero-order valence-electron chi connectivity index (χ0n) is 15.2. The summed E-state index contributed by atoms with van der Waals surface area (Å²) >= 11 is 0. The molecule has 0 bridgehead atoms. The first-order valence-electron chi connectivity index (χ1n) is 8.21. The van der Waals surface area contributed by atoms with Crippen molar-refractivity contribution in [2.45, 2.75) is 17.5 Å². The van der Waals surface area contributed by atoms with Gasteiger partial charge in [-0.1, -0.05) is 0 Å². The minimum Gasteiger partial charge on any atom is -0.361 e. The molecule has 0 aromatic heterocycles. The molecule has 8 nitrogen and oxygen atoms in total. The molecule has 9 heteroatoms. The van der Waals surface area contributed by atoms with Crippen molar-refractivity contribution >= 4 is 27.3 Å². The van der Waals surface area contributed by atoms with Crippen molar-refractivity contribution in [3.05, 3.63) is 53.6 Å². The Bertz CT molecular complexity index is 959. The molecular formula is C18H21N3O5S. The van der Waals surface area contributed by atoms with E-state index in [2.05, 4.69) is 0 Å². The van der Waals surface area contributed by atoms with E-state index in [0.29, 0.717) is 12.1 Å². The number of amides is 1. The fourth-order valence-electron chi connectivity index (χ4n) is 3.14. The number of hydroxylamine groups is 1. The highest BCUT2D eigenvalue weighted by molar-refractivity contribution is 7.92. The standard InChI is InChI=1S/C18H21N3O5S/c1-20-16-9-8-15(10-13(16)11-17(20)26-3)27(24,25)21(2)14-6-4-12(5-7-14)18(22)19-23/h4-10,17,23H,11H2,1-3H3,(H,19,22). The van der Waals surface area contributed by atoms with Crippen LogP contribution in [0.25, 0.3) is 0 Å². The van der Waals surface area contributed by atoms with E-state index in [1.165, 1.54) is 36.8 Å². The van der Waals surface area contributed by atoms with Gasteiger partial charge in [-0.2, -0.15) is 0 Å². The van der Waals surface area contributed by atoms with E-state index in [0.717, 1.165) is 15.6 Å². The number of ether oxygens (including phenoxy) is 1. The third kappa shape index (κ3) is 3.36. The van der Waals surface area contributed by atoms with Crippen molar-refractivity contribution < 1.29 is 23.2 Å². The molecule has 144 valence electrons. The SMILES string of the molecule is COC1Cc2cc(S(=O)(=O)N(C)c3ccc(C(=O)NO)cc3)ccc2N1C. The van der Waals surface area contributed by atoms with E-state index in [9.17, 15) is 13.2 Å². The summed E-state index contributed by atoms with van der Waals surface area (Å²) in [6.45, 7) is 0. The van der Waals surface area contributed by atoms with Gasteiger partial charge in [0.05, 0.1) is 10.6 Å². The first-order valence-corrected chi connectivity index (χ1v) is 9.65. The third-order valence-electron chi connectivity index (χ3n) is 4.78. The number of nitrogens with zero attached hydrogens (tertiary/aromatic N) is 2. The molecule has 0 radical (unpaired) electrons. The van der Waals surface area contributed by atoms with Gasteiger partial charge in [0.2, 0.25) is 0 Å². The van der Waals surface area contributed by atoms with Gasteiger partial charge in [-0.3, -0.25) is 14.3 Å². The molecule has 1 heterocycles. The summed E-state index contributed by atoms with van der Waals surface area (Å²) in [6, 6.07) is 10.9. The summed E-state index contributed by atoms with van der Waals surface area (Å²) < 4.78 is 32.6. The van der Waals surface area contributed by atoms with Crippen LogP contribution in [0.5, 0.6) is 0 Å². The van der Waals surface area contributed by atoms with Gasteiger partial charge < -0.3 is 9.64 Å². The Kier molecular flexibility index (Phi) is 5.09. The number of benzene rings is 2. The van der Waals surface area contributed by atoms with E-state index in [4.69, 9.17) is 9.94 Å². The number of carbonyl (C=O) groups is 1. The predicted octanol–water partition coefficient (Wildman–Crippen LogP) is 1.60. The lowest BCUT2D eigenvalue weighted by Gasteiger charge is -2.21. The van der Waals surface area contributed by atoms with Gasteiger partial charge in [0.25, 0.3) is 15.9 Å². The summed E-state index contributed by atoms with van der Waals surface area (Å²) in [5.74, 6) is -0.664. The maximum Gasteiger partial charge on any atom is 0.274 e. The van der Waals surface area contributed by atoms with Gasteiger partial charge in [-0.05, 0) is 48.0 Å². The molecular weight excluding hydrogens is 370 g/mol. The quantitative estimate of drug-likeness (QED) is 0.593. The number of anilines is 2. The second-order valence-electron chi connectivity index (χ2n) is 6.26. The highest BCUT2D eigenvalue weighted by atomic mass is 32.2. The minimum absolute atomic E-state index is 0.110. The Morgan fingerprint density at radius 2 is 1.93 bits per heavy atom. The molecule has 2 N–H and O–H groups in total. The van der Waals surface area contributed by atoms with Crippen LogP contribution in [0.4, 0.5) is 11.4 Å². The van der Waals surface area contributed by atoms with Gasteiger partial charge >= 0.3 is 0 Å². The van der Waals surface area contributed by atoms with E-state index in [-0.39, 0.29) is 16.7 Å². The molecule has 27 heavy (non-hydrogen) atoms. The molecule has 0 fully saturated rings. The lowest BCUT2D eigenvalue weighted by Crippen LogP contribution is -2.29. The van der Waals surface area contributed by atoms with Crippen LogP contribution in [0.2, 0.25) is 0 Å². The number of hydrogen-bond donors (Lipinski definition) is 2. The number of fused-ring (bicyclic) bond motifs is 1. The van der Waals surface area contributed by atoms with Gasteiger partial charge in [0, 0.05) is 38.9 Å². The van der Waals surface area contributed by atoms with Gasteiger partial charge in [0.1, 0.15) is 6.23 Å². The summed E-state index contributed by atoms with van der Waals surface area (Å²) in [6.07, 6.45) is 0.501. The van der Waals surface area contributed by atoms with Crippen molar-refractivity contribution in [3.63, 3.8) is 0 Å². The highest BCUT2D eigenvalue weighted by Crippen LogP contribution is 2.34. The molecule has 1 amide bonds. The average Bonchev–Trinajstić information content (AvgIpc) is 3.02. The lowest BCUT2D eigenvalue weighted by atomic mass is 10.2. The fraction of sp³-hybridized carbons (Fsp3) is 0.278. The number of likely N-dealkylation sites (N-methyl/N-ethyl adjacent to an activating group) is 1. The van der Waals surface area contributed by atoms with Crippen molar-refractivity contribution in [1.82, 2.24) is 5.48 Å². The normalized spacial score (nSPS) is 16.1. The van der Waals surface area contributed by atoms with E-state index in [1.54, 1.807) is 25.3 Å². The molecule has 1 aliphatic heterocycles. The Balaban J connectivity index is 1.90. The Labute approximate surface area is 158 Å². The summed E-state index contributed by atoms with van der Waals surface area (Å²) in [5, 5.41) is 8.66. The maximum atomic E-state index is 13.0. The molecule has 3 rings (SSSR count). The Morgan fingerprint density at radius 3 is 2.52 bits per heavy atom. The molecule has 1 unspecified atom stereocenters. The van der Waals surface area contributed by atoms with Crippen LogP contribution >= 0.6 is 0 Å². The number of sulfonamides is 1. The number of methoxy groups -OCH3 is 1. The van der Waals surface area contributed by atoms with Crippen LogP contribution in [0.3, 0.4) is 0 Å². The molecule has 0 saturated heterocycles. The number of rotatable bonds is 5. The largest absolute Gasteiger partial charge is 0.361 e. The Morgan fingerprint density at radius 1 is 1.26 bits per heavy atom. The van der Waals surface area contributed by atoms with Crippen LogP contribution in [0.15, 0.2) is 47.4 Å². The van der Waals surface area contributed by atoms with Crippen molar-refractivity contribution in [2.24, 2.45) is 0 Å². The molecule has 2 aromatic rings. The monoisotopic (exact) mass is 391 g/mol. The molecule has 2 aromatic carbocycles. The van der Waals surface area contributed by atoms with Crippen molar-refractivity contribution in [3.8, 4) is 0 Å². The number of hydrogen-bond acceptors (Lipinski definition) is 6. The lowest BCUT2D eigenvalue weighted by molar-refractivity contribution is 0.0706. The average molecular weight is 391 g/mol. The van der Waals surface area contributed by atoms with Crippen LogP contribution < -0.4 is 14.7 Å². The summed E-state index contributed by atoms with van der Waals surface area (Å²) in [5.41, 5.74) is 4.02. The van der Waals surface area contributed by atoms with Crippen molar-refractivity contribution in [1.29, 1.82) is 0 Å². The van der Waals surface area contributed by atoms with Gasteiger partial charge in [-0.25, -0.2) is 13.9 Å². The van der Waals surface area contributed by atoms with E-state index >= 15 is 0 Å². The molecule has 1 aliphatic rings. The highest BCUT2D eigenvalue weighted by Gasteiger charge is 2.29. The second-order valence-corrected chi connectivity index (χ2v) is 8.23. The van der Waals surface area contributed by atoms with Crippen molar-refractivity contribution in [2.75, 3.05) is 30.4 Å². The number of nitrogens with one attached hydrogen (secondary N) is 1. The molecule has 1 atom stereocenters. The third-order valence-corrected chi connectivity index (χ3v) is 6.56. The zero-order valence-corrected chi connectivity index (χ0v) is 16.0. The van der Waals surface area contributed by atoms with Crippen LogP contribution in [-0.2, 0) is 21.2 Å². The van der Waals surface area contributed by atoms with Gasteiger partial charge in [-0.15, -0.1) is 0 Å². The smallest absolute Gasteiger partial charge is 0.274 e. The second kappa shape index (κ2) is 7.18. The van der Waals surface area contributed by atoms with Crippen LogP contribution in [0.1, 0.15) is 15.9 Å². The fourth-order valence-corrected chi connectivity index (χ4v) is 4.38. The zero-order chi connectivity index (χ0) is 19.8. The number of carbonyl (C=O) groups excluding carboxylic acids is 1. The first-order chi connectivity index (χ1) is 12.8. The topological polar surface area (TPSA) is 99.2 Å². The molecule has 0 spiro atoms. The molecule has 0 saturated carbocycles. The minimum atomic E-state index is -3.77. The Hall–Kier alpha value is -2.62. The van der Waals surface area contributed by atoms with Crippen LogP contribution in [0, 0.1) is 0 Å². The first kappa shape index (κ1) is 19.2. The van der Waals surface area contributed by atoms with Crippen LogP contribution in [-0.4, -0.2) is 47.0 Å². The maximum absolute atomic E-state index is 13.0. The van der Waals surface area contributed by atoms with E-state index < -0.39 is 15.9 Å². The molecule has 0 aliphatic carbocycles. The predicted molar refractivity (Wildman–Crippen MR) is 101 cm³/mol. The van der Waals surface area contributed by atoms with Gasteiger partial charge in [0.15, 0.2) is 0 Å². The summed E-state index contributed by atoms with van der Waals surface area (Å²) in [7, 11) is 1.21.